The third kappa shape index (κ3) is 4.26. The molecule has 1 amide bonds. The number of nitrogens with one attached hydrogen (secondary N) is 2. The van der Waals surface area contributed by atoms with E-state index in [9.17, 15) is 9.59 Å². The summed E-state index contributed by atoms with van der Waals surface area (Å²) in [4.78, 5) is 23.7. The van der Waals surface area contributed by atoms with Gasteiger partial charge in [0, 0.05) is 24.8 Å². The molecule has 0 radical (unpaired) electrons. The fourth-order valence-corrected chi connectivity index (χ4v) is 3.33. The van der Waals surface area contributed by atoms with Crippen LogP contribution in [0.2, 0.25) is 0 Å². The van der Waals surface area contributed by atoms with Crippen molar-refractivity contribution in [3.05, 3.63) is 22.3 Å². The van der Waals surface area contributed by atoms with E-state index >= 15 is 0 Å². The molecule has 2 aromatic heterocycles. The molecule has 1 atom stereocenters. The first kappa shape index (κ1) is 16.8. The molecule has 9 nitrogen and oxygen atoms in total. The minimum Gasteiger partial charge on any atom is -0.376 e. The molecule has 24 heavy (non-hydrogen) atoms. The zero-order valence-corrected chi connectivity index (χ0v) is 14.1. The molecule has 2 aromatic rings. The molecule has 3 rings (SSSR count). The van der Waals surface area contributed by atoms with Gasteiger partial charge < -0.3 is 14.6 Å². The van der Waals surface area contributed by atoms with Crippen LogP contribution in [0.1, 0.15) is 25.0 Å². The smallest absolute Gasteiger partial charge is 0.344 e. The lowest BCUT2D eigenvalue weighted by Gasteiger charge is -2.10. The van der Waals surface area contributed by atoms with Crippen LogP contribution in [0.3, 0.4) is 0 Å². The van der Waals surface area contributed by atoms with Gasteiger partial charge in [-0.25, -0.2) is 9.89 Å². The summed E-state index contributed by atoms with van der Waals surface area (Å²) in [6.07, 6.45) is 2.29. The Morgan fingerprint density at radius 2 is 2.46 bits per heavy atom. The number of thioether (sulfide) groups is 1. The standard InChI is InChI=1S/C14H19N5O4S/c1-9-7-11(18-23-9)15-12(20)4-6-24-14-17-16-13(21)19(14)8-10-3-2-5-22-10/h7,10H,2-6,8H2,1H3,(H,16,21)(H,15,18,20). The van der Waals surface area contributed by atoms with Crippen molar-refractivity contribution in [3.63, 3.8) is 0 Å². The minimum absolute atomic E-state index is 0.0540. The number of hydrogen-bond donors (Lipinski definition) is 2. The van der Waals surface area contributed by atoms with E-state index in [0.29, 0.717) is 29.0 Å². The fourth-order valence-electron chi connectivity index (χ4n) is 2.43. The van der Waals surface area contributed by atoms with Gasteiger partial charge in [-0.15, -0.1) is 5.10 Å². The number of carbonyl (C=O) groups excluding carboxylic acids is 1. The first-order chi connectivity index (χ1) is 11.6. The van der Waals surface area contributed by atoms with Crippen molar-refractivity contribution >= 4 is 23.5 Å². The maximum atomic E-state index is 11.9. The molecule has 1 unspecified atom stereocenters. The molecular weight excluding hydrogens is 334 g/mol. The normalized spacial score (nSPS) is 17.3. The molecule has 0 aliphatic carbocycles. The number of amides is 1. The third-order valence-corrected chi connectivity index (χ3v) is 4.57. The lowest BCUT2D eigenvalue weighted by atomic mass is 10.2. The van der Waals surface area contributed by atoms with E-state index in [-0.39, 0.29) is 24.1 Å². The predicted molar refractivity (Wildman–Crippen MR) is 87.0 cm³/mol. The number of aromatic nitrogens is 4. The van der Waals surface area contributed by atoms with Gasteiger partial charge in [0.1, 0.15) is 5.76 Å². The summed E-state index contributed by atoms with van der Waals surface area (Å²) in [5.74, 6) is 1.37. The summed E-state index contributed by atoms with van der Waals surface area (Å²) in [7, 11) is 0. The SMILES string of the molecule is Cc1cc(NC(=O)CCSc2n[nH]c(=O)n2CC2CCCO2)no1. The van der Waals surface area contributed by atoms with Crippen molar-refractivity contribution < 1.29 is 14.1 Å². The van der Waals surface area contributed by atoms with Gasteiger partial charge in [0.25, 0.3) is 0 Å². The van der Waals surface area contributed by atoms with Gasteiger partial charge >= 0.3 is 5.69 Å². The van der Waals surface area contributed by atoms with E-state index in [0.717, 1.165) is 19.4 Å². The Balaban J connectivity index is 1.49. The molecule has 0 bridgehead atoms. The summed E-state index contributed by atoms with van der Waals surface area (Å²) in [5.41, 5.74) is -0.254. The molecule has 1 aliphatic rings. The molecule has 0 spiro atoms. The highest BCUT2D eigenvalue weighted by Gasteiger charge is 2.19. The lowest BCUT2D eigenvalue weighted by molar-refractivity contribution is -0.115. The van der Waals surface area contributed by atoms with Crippen molar-refractivity contribution in [2.45, 2.75) is 44.0 Å². The van der Waals surface area contributed by atoms with Crippen molar-refractivity contribution in [2.75, 3.05) is 17.7 Å². The largest absolute Gasteiger partial charge is 0.376 e. The van der Waals surface area contributed by atoms with Gasteiger partial charge in [0.15, 0.2) is 11.0 Å². The molecule has 10 heteroatoms. The zero-order valence-electron chi connectivity index (χ0n) is 13.3. The van der Waals surface area contributed by atoms with Gasteiger partial charge in [-0.2, -0.15) is 0 Å². The maximum Gasteiger partial charge on any atom is 0.344 e. The Morgan fingerprint density at radius 1 is 1.58 bits per heavy atom. The number of aromatic amines is 1. The summed E-state index contributed by atoms with van der Waals surface area (Å²) in [6.45, 7) is 2.98. The fraction of sp³-hybridized carbons (Fsp3) is 0.571. The second-order valence-electron chi connectivity index (χ2n) is 5.53. The summed E-state index contributed by atoms with van der Waals surface area (Å²) < 4.78 is 12.0. The average molecular weight is 353 g/mol. The van der Waals surface area contributed by atoms with Crippen LogP contribution in [0.15, 0.2) is 20.5 Å². The van der Waals surface area contributed by atoms with E-state index in [1.165, 1.54) is 11.8 Å². The highest BCUT2D eigenvalue weighted by molar-refractivity contribution is 7.99. The number of anilines is 1. The molecule has 1 fully saturated rings. The third-order valence-electron chi connectivity index (χ3n) is 3.59. The van der Waals surface area contributed by atoms with Crippen LogP contribution in [0.4, 0.5) is 5.82 Å². The first-order valence-corrected chi connectivity index (χ1v) is 8.73. The highest BCUT2D eigenvalue weighted by Crippen LogP contribution is 2.19. The number of nitrogens with zero attached hydrogens (tertiary/aromatic N) is 3. The number of H-pyrrole nitrogens is 1. The Morgan fingerprint density at radius 3 is 3.17 bits per heavy atom. The second kappa shape index (κ2) is 7.67. The highest BCUT2D eigenvalue weighted by atomic mass is 32.2. The second-order valence-corrected chi connectivity index (χ2v) is 6.59. The van der Waals surface area contributed by atoms with Crippen LogP contribution < -0.4 is 11.0 Å². The topological polar surface area (TPSA) is 115 Å². The quantitative estimate of drug-likeness (QED) is 0.718. The van der Waals surface area contributed by atoms with Crippen molar-refractivity contribution in [1.29, 1.82) is 0 Å². The van der Waals surface area contributed by atoms with Gasteiger partial charge in [-0.1, -0.05) is 16.9 Å². The molecule has 0 aromatic carbocycles. The summed E-state index contributed by atoms with van der Waals surface area (Å²) in [6, 6.07) is 1.65. The first-order valence-electron chi connectivity index (χ1n) is 7.74. The Hall–Kier alpha value is -2.07. The number of rotatable bonds is 7. The van der Waals surface area contributed by atoms with Crippen molar-refractivity contribution in [1.82, 2.24) is 19.9 Å². The number of hydrogen-bond acceptors (Lipinski definition) is 7. The van der Waals surface area contributed by atoms with Crippen LogP contribution >= 0.6 is 11.8 Å². The van der Waals surface area contributed by atoms with E-state index in [2.05, 4.69) is 20.7 Å². The van der Waals surface area contributed by atoms with Crippen LogP contribution in [-0.4, -0.2) is 44.3 Å². The predicted octanol–water partition coefficient (Wildman–Crippen LogP) is 1.17. The molecule has 0 saturated carbocycles. The summed E-state index contributed by atoms with van der Waals surface area (Å²) >= 11 is 1.36. The monoisotopic (exact) mass is 353 g/mol. The maximum absolute atomic E-state index is 11.9. The molecule has 3 heterocycles. The van der Waals surface area contributed by atoms with Gasteiger partial charge in [-0.05, 0) is 19.8 Å². The van der Waals surface area contributed by atoms with E-state index in [4.69, 9.17) is 9.26 Å². The van der Waals surface area contributed by atoms with Gasteiger partial charge in [-0.3, -0.25) is 9.36 Å². The van der Waals surface area contributed by atoms with Crippen LogP contribution in [0.25, 0.3) is 0 Å². The average Bonchev–Trinajstić information content (AvgIpc) is 3.26. The Kier molecular flexibility index (Phi) is 5.36. The number of aryl methyl sites for hydroxylation is 1. The van der Waals surface area contributed by atoms with Crippen molar-refractivity contribution in [2.24, 2.45) is 0 Å². The molecule has 1 saturated heterocycles. The van der Waals surface area contributed by atoms with Crippen LogP contribution in [-0.2, 0) is 16.1 Å². The molecular formula is C14H19N5O4S. The van der Waals surface area contributed by atoms with Crippen LogP contribution in [0.5, 0.6) is 0 Å². The van der Waals surface area contributed by atoms with E-state index < -0.39 is 0 Å². The van der Waals surface area contributed by atoms with Gasteiger partial charge in [0.2, 0.25) is 5.91 Å². The summed E-state index contributed by atoms with van der Waals surface area (Å²) in [5, 5.41) is 13.4. The molecule has 130 valence electrons. The number of carbonyl (C=O) groups is 1. The molecule has 1 aliphatic heterocycles. The van der Waals surface area contributed by atoms with Crippen molar-refractivity contribution in [3.8, 4) is 0 Å². The van der Waals surface area contributed by atoms with Gasteiger partial charge in [0.05, 0.1) is 12.6 Å². The van der Waals surface area contributed by atoms with Crippen LogP contribution in [0, 0.1) is 6.92 Å². The minimum atomic E-state index is -0.254. The zero-order chi connectivity index (χ0) is 16.9. The lowest BCUT2D eigenvalue weighted by Crippen LogP contribution is -2.25. The number of ether oxygens (including phenoxy) is 1. The Bertz CT molecular complexity index is 746. The Labute approximate surface area is 142 Å². The molecule has 2 N–H and O–H groups in total. The van der Waals surface area contributed by atoms with E-state index in [1.807, 2.05) is 0 Å². The van der Waals surface area contributed by atoms with E-state index in [1.54, 1.807) is 17.6 Å².